The third-order valence-electron chi connectivity index (χ3n) is 6.18. The first-order chi connectivity index (χ1) is 16.9. The molecule has 0 amide bonds. The fraction of sp³-hybridized carbons (Fsp3) is 0.0645. The summed E-state index contributed by atoms with van der Waals surface area (Å²) in [5.74, 6) is 1.11. The summed E-state index contributed by atoms with van der Waals surface area (Å²) in [7, 11) is -2.40. The first-order valence-corrected chi connectivity index (χ1v) is 15.3. The van der Waals surface area contributed by atoms with Crippen molar-refractivity contribution in [1.29, 1.82) is 0 Å². The minimum Gasteiger partial charge on any atom is -0.257 e. The van der Waals surface area contributed by atoms with E-state index >= 15 is 0 Å². The van der Waals surface area contributed by atoms with Gasteiger partial charge in [-0.1, -0.05) is 103 Å². The van der Waals surface area contributed by atoms with E-state index in [-0.39, 0.29) is 0 Å². The average Bonchev–Trinajstić information content (AvgIpc) is 2.93. The highest BCUT2D eigenvalue weighted by Crippen LogP contribution is 2.65. The Morgan fingerprint density at radius 3 is 1.38 bits per heavy atom. The van der Waals surface area contributed by atoms with E-state index in [2.05, 4.69) is 133 Å². The van der Waals surface area contributed by atoms with Crippen LogP contribution in [0.2, 0.25) is 0 Å². The van der Waals surface area contributed by atoms with Gasteiger partial charge in [-0.25, -0.2) is 0 Å². The van der Waals surface area contributed by atoms with Gasteiger partial charge in [-0.05, 0) is 54.9 Å². The van der Waals surface area contributed by atoms with E-state index in [1.165, 1.54) is 26.9 Å². The van der Waals surface area contributed by atoms with Crippen LogP contribution < -0.4 is 21.2 Å². The van der Waals surface area contributed by atoms with E-state index in [9.17, 15) is 0 Å². The second-order valence-electron chi connectivity index (χ2n) is 8.36. The SMILES string of the molecule is c1ccc(P(C[P+](Cc2ccccn2)(c2ccccc2)c2ccccc2)c2ccccc2)cc1. The zero-order chi connectivity index (χ0) is 23.1. The molecule has 0 saturated heterocycles. The van der Waals surface area contributed by atoms with Crippen LogP contribution in [-0.4, -0.2) is 10.9 Å². The van der Waals surface area contributed by atoms with Gasteiger partial charge in [0, 0.05) is 6.20 Å². The number of rotatable bonds is 8. The number of hydrogen-bond donors (Lipinski definition) is 0. The summed E-state index contributed by atoms with van der Waals surface area (Å²) >= 11 is 0. The third-order valence-corrected chi connectivity index (χ3v) is 14.5. The van der Waals surface area contributed by atoms with Crippen molar-refractivity contribution in [2.75, 3.05) is 5.90 Å². The van der Waals surface area contributed by atoms with E-state index in [1.54, 1.807) is 0 Å². The van der Waals surface area contributed by atoms with Crippen molar-refractivity contribution in [2.24, 2.45) is 0 Å². The number of nitrogens with zero attached hydrogens (tertiary/aromatic N) is 1. The molecule has 34 heavy (non-hydrogen) atoms. The Morgan fingerprint density at radius 2 is 0.941 bits per heavy atom. The minimum absolute atomic E-state index is 0.561. The minimum atomic E-state index is -1.84. The van der Waals surface area contributed by atoms with Crippen LogP contribution in [0.4, 0.5) is 0 Å². The average molecular weight is 477 g/mol. The van der Waals surface area contributed by atoms with Crippen LogP contribution in [0.5, 0.6) is 0 Å². The lowest BCUT2D eigenvalue weighted by Crippen LogP contribution is -2.29. The van der Waals surface area contributed by atoms with E-state index in [4.69, 9.17) is 4.98 Å². The molecule has 1 heterocycles. The molecule has 0 bridgehead atoms. The lowest BCUT2D eigenvalue weighted by atomic mass is 10.4. The maximum Gasteiger partial charge on any atom is 0.111 e. The molecule has 0 aliphatic heterocycles. The van der Waals surface area contributed by atoms with Crippen LogP contribution >= 0.6 is 15.2 Å². The molecular formula is C31H28NP2+. The lowest BCUT2D eigenvalue weighted by Gasteiger charge is -2.31. The molecule has 0 spiro atoms. The van der Waals surface area contributed by atoms with E-state index in [0.29, 0.717) is 0 Å². The number of hydrogen-bond acceptors (Lipinski definition) is 1. The number of pyridine rings is 1. The van der Waals surface area contributed by atoms with Crippen LogP contribution in [-0.2, 0) is 6.16 Å². The summed E-state index contributed by atoms with van der Waals surface area (Å²) in [4.78, 5) is 4.80. The highest BCUT2D eigenvalue weighted by molar-refractivity contribution is 7.98. The Bertz CT molecular complexity index is 1200. The van der Waals surface area contributed by atoms with E-state index < -0.39 is 15.2 Å². The smallest absolute Gasteiger partial charge is 0.111 e. The molecule has 1 nitrogen and oxygen atoms in total. The molecule has 0 atom stereocenters. The first kappa shape index (κ1) is 22.7. The number of aromatic nitrogens is 1. The quantitative estimate of drug-likeness (QED) is 0.238. The summed E-state index contributed by atoms with van der Waals surface area (Å²) in [6.07, 6.45) is 2.89. The maximum absolute atomic E-state index is 4.80. The van der Waals surface area contributed by atoms with Gasteiger partial charge >= 0.3 is 0 Å². The van der Waals surface area contributed by atoms with Crippen molar-refractivity contribution in [3.63, 3.8) is 0 Å². The Hall–Kier alpha value is -3.11. The largest absolute Gasteiger partial charge is 0.257 e. The van der Waals surface area contributed by atoms with E-state index in [0.717, 1.165) is 12.1 Å². The molecular weight excluding hydrogens is 448 g/mol. The zero-order valence-corrected chi connectivity index (χ0v) is 20.9. The third kappa shape index (κ3) is 5.02. The van der Waals surface area contributed by atoms with Gasteiger partial charge in [0.05, 0.1) is 29.5 Å². The van der Waals surface area contributed by atoms with Gasteiger partial charge in [-0.3, -0.25) is 4.98 Å². The summed E-state index contributed by atoms with van der Waals surface area (Å²) in [5, 5.41) is 5.76. The first-order valence-electron chi connectivity index (χ1n) is 11.6. The molecule has 4 aromatic carbocycles. The molecule has 5 rings (SSSR count). The molecule has 0 N–H and O–H groups in total. The van der Waals surface area contributed by atoms with Gasteiger partial charge in [0.15, 0.2) is 0 Å². The van der Waals surface area contributed by atoms with Crippen LogP contribution in [0.15, 0.2) is 146 Å². The van der Waals surface area contributed by atoms with Gasteiger partial charge in [0.1, 0.15) is 6.16 Å². The topological polar surface area (TPSA) is 12.9 Å². The second kappa shape index (κ2) is 10.9. The summed E-state index contributed by atoms with van der Waals surface area (Å²) in [6.45, 7) is 0. The molecule has 5 aromatic rings. The summed E-state index contributed by atoms with van der Waals surface area (Å²) < 4.78 is 0. The van der Waals surface area contributed by atoms with Crippen molar-refractivity contribution in [1.82, 2.24) is 4.98 Å². The van der Waals surface area contributed by atoms with E-state index in [1.807, 2.05) is 12.3 Å². The molecule has 0 radical (unpaired) electrons. The fourth-order valence-electron chi connectivity index (χ4n) is 4.51. The summed E-state index contributed by atoms with van der Waals surface area (Å²) in [5.41, 5.74) is 1.17. The van der Waals surface area contributed by atoms with Crippen LogP contribution in [0.1, 0.15) is 5.69 Å². The molecule has 0 aliphatic carbocycles. The Balaban J connectivity index is 1.72. The van der Waals surface area contributed by atoms with Gasteiger partial charge in [0.2, 0.25) is 0 Å². The van der Waals surface area contributed by atoms with Crippen molar-refractivity contribution in [3.05, 3.63) is 151 Å². The molecule has 0 saturated carbocycles. The van der Waals surface area contributed by atoms with Gasteiger partial charge in [-0.15, -0.1) is 0 Å². The standard InChI is InChI=1S/C31H28NP2/c1-5-16-28(17-6-1)33(29-18-7-2-8-19-29)26-34(30-20-9-3-10-21-30,31-22-11-4-12-23-31)25-27-15-13-14-24-32-27/h1-24H,25-26H2/q+1. The normalized spacial score (nSPS) is 11.4. The predicted molar refractivity (Wildman–Crippen MR) is 151 cm³/mol. The van der Waals surface area contributed by atoms with Gasteiger partial charge in [0.25, 0.3) is 0 Å². The van der Waals surface area contributed by atoms with Crippen molar-refractivity contribution in [2.45, 2.75) is 6.16 Å². The van der Waals surface area contributed by atoms with Crippen LogP contribution in [0.3, 0.4) is 0 Å². The highest BCUT2D eigenvalue weighted by Gasteiger charge is 2.46. The van der Waals surface area contributed by atoms with Crippen LogP contribution in [0.25, 0.3) is 0 Å². The molecule has 166 valence electrons. The van der Waals surface area contributed by atoms with Gasteiger partial charge in [-0.2, -0.15) is 0 Å². The zero-order valence-electron chi connectivity index (χ0n) is 19.1. The molecule has 3 heteroatoms. The number of benzene rings is 4. The summed E-state index contributed by atoms with van der Waals surface area (Å²) in [6, 6.07) is 50.9. The predicted octanol–water partition coefficient (Wildman–Crippen LogP) is 6.34. The van der Waals surface area contributed by atoms with Crippen molar-refractivity contribution in [3.8, 4) is 0 Å². The Kier molecular flexibility index (Phi) is 7.25. The fourth-order valence-corrected chi connectivity index (χ4v) is 13.7. The molecule has 0 fully saturated rings. The monoisotopic (exact) mass is 476 g/mol. The second-order valence-corrected chi connectivity index (χ2v) is 14.7. The van der Waals surface area contributed by atoms with Gasteiger partial charge < -0.3 is 0 Å². The Labute approximate surface area is 204 Å². The maximum atomic E-state index is 4.80. The molecule has 0 unspecified atom stereocenters. The van der Waals surface area contributed by atoms with Crippen molar-refractivity contribution < 1.29 is 0 Å². The van der Waals surface area contributed by atoms with Crippen LogP contribution in [0, 0.1) is 0 Å². The lowest BCUT2D eigenvalue weighted by molar-refractivity contribution is 1.16. The van der Waals surface area contributed by atoms with Crippen molar-refractivity contribution >= 4 is 36.4 Å². The molecule has 1 aromatic heterocycles. The Morgan fingerprint density at radius 1 is 0.500 bits per heavy atom. The molecule has 0 aliphatic rings. The highest BCUT2D eigenvalue weighted by atomic mass is 31.2.